The van der Waals surface area contributed by atoms with E-state index in [2.05, 4.69) is 31.0 Å². The van der Waals surface area contributed by atoms with Crippen LogP contribution in [-0.2, 0) is 23.7 Å². The Morgan fingerprint density at radius 1 is 0.829 bits per heavy atom. The van der Waals surface area contributed by atoms with Crippen molar-refractivity contribution >= 4 is 23.2 Å². The fourth-order valence-electron chi connectivity index (χ4n) is 3.79. The first-order valence-electron chi connectivity index (χ1n) is 11.4. The minimum atomic E-state index is -0.0937. The van der Waals surface area contributed by atoms with Crippen LogP contribution in [0.4, 0.5) is 11.4 Å². The summed E-state index contributed by atoms with van der Waals surface area (Å²) in [6.45, 7) is 1.97. The van der Waals surface area contributed by atoms with Gasteiger partial charge in [0.15, 0.2) is 11.6 Å². The zero-order valence-corrected chi connectivity index (χ0v) is 20.0. The molecule has 2 aromatic carbocycles. The lowest BCUT2D eigenvalue weighted by molar-refractivity contribution is -0.118. The topological polar surface area (TPSA) is 120 Å². The second kappa shape index (κ2) is 10.7. The van der Waals surface area contributed by atoms with Crippen LogP contribution in [0.2, 0.25) is 0 Å². The van der Waals surface area contributed by atoms with Crippen LogP contribution in [0.3, 0.4) is 0 Å². The lowest BCUT2D eigenvalue weighted by Crippen LogP contribution is -2.17. The van der Waals surface area contributed by atoms with Crippen molar-refractivity contribution in [2.45, 2.75) is 26.2 Å². The summed E-state index contributed by atoms with van der Waals surface area (Å²) in [5.41, 5.74) is 3.14. The predicted molar refractivity (Wildman–Crippen MR) is 133 cm³/mol. The summed E-state index contributed by atoms with van der Waals surface area (Å²) < 4.78 is 3.64. The minimum Gasteiger partial charge on any atom is -0.326 e. The summed E-state index contributed by atoms with van der Waals surface area (Å²) >= 11 is 0. The highest BCUT2D eigenvalue weighted by atomic mass is 16.2. The van der Waals surface area contributed by atoms with Crippen molar-refractivity contribution in [1.82, 2.24) is 29.5 Å². The Labute approximate surface area is 203 Å². The molecule has 0 bridgehead atoms. The number of carbonyl (C=O) groups is 2. The Hall–Kier alpha value is -4.34. The molecular formula is C25H28N8O2. The molecule has 2 heterocycles. The second-order valence-electron chi connectivity index (χ2n) is 8.64. The van der Waals surface area contributed by atoms with Crippen molar-refractivity contribution < 1.29 is 9.59 Å². The van der Waals surface area contributed by atoms with Gasteiger partial charge >= 0.3 is 0 Å². The van der Waals surface area contributed by atoms with Gasteiger partial charge in [-0.05, 0) is 36.6 Å². The molecule has 0 fully saturated rings. The molecule has 0 saturated carbocycles. The number of rotatable bonds is 9. The van der Waals surface area contributed by atoms with Gasteiger partial charge in [-0.25, -0.2) is 0 Å². The first-order chi connectivity index (χ1) is 16.9. The maximum Gasteiger partial charge on any atom is 0.224 e. The summed E-state index contributed by atoms with van der Waals surface area (Å²) in [4.78, 5) is 25.0. The molecule has 0 aliphatic carbocycles. The summed E-state index contributed by atoms with van der Waals surface area (Å²) in [5, 5.41) is 21.9. The Morgan fingerprint density at radius 3 is 1.83 bits per heavy atom. The molecule has 0 spiro atoms. The third-order valence-electron chi connectivity index (χ3n) is 5.63. The number of hydrogen-bond acceptors (Lipinski definition) is 6. The number of nitrogens with one attached hydrogen (secondary N) is 2. The number of benzene rings is 2. The number of nitrogens with zero attached hydrogens (tertiary/aromatic N) is 6. The number of aromatic nitrogens is 6. The predicted octanol–water partition coefficient (Wildman–Crippen LogP) is 3.66. The molecule has 180 valence electrons. The molecule has 2 N–H and O–H groups in total. The van der Waals surface area contributed by atoms with Crippen molar-refractivity contribution in [3.05, 3.63) is 61.2 Å². The van der Waals surface area contributed by atoms with E-state index in [4.69, 9.17) is 0 Å². The van der Waals surface area contributed by atoms with Gasteiger partial charge in [-0.15, -0.1) is 20.4 Å². The quantitative estimate of drug-likeness (QED) is 0.384. The molecule has 35 heavy (non-hydrogen) atoms. The lowest BCUT2D eigenvalue weighted by Gasteiger charge is -2.13. The maximum absolute atomic E-state index is 12.5. The van der Waals surface area contributed by atoms with E-state index in [0.29, 0.717) is 30.6 Å². The number of aryl methyl sites for hydroxylation is 2. The van der Waals surface area contributed by atoms with Gasteiger partial charge in [-0.2, -0.15) is 0 Å². The summed E-state index contributed by atoms with van der Waals surface area (Å²) in [6.07, 6.45) is 4.51. The van der Waals surface area contributed by atoms with Gasteiger partial charge in [0.1, 0.15) is 12.7 Å². The Morgan fingerprint density at radius 2 is 1.34 bits per heavy atom. The normalized spacial score (nSPS) is 11.7. The fraction of sp³-hybridized carbons (Fsp3) is 0.280. The van der Waals surface area contributed by atoms with Gasteiger partial charge < -0.3 is 19.8 Å². The van der Waals surface area contributed by atoms with Crippen LogP contribution in [0.5, 0.6) is 0 Å². The number of hydrogen-bond donors (Lipinski definition) is 2. The standard InChI is InChI=1S/C25H28N8O2/c1-17(12-23(35)29-21-9-5-7-19(14-21)25-31-27-16-33(25)3)10-11-22(34)28-20-8-4-6-18(13-20)24-30-26-15-32(24)2/h4-9,13-17H,10-12H2,1-3H3,(H,28,34)(H,29,35). The second-order valence-corrected chi connectivity index (χ2v) is 8.64. The lowest BCUT2D eigenvalue weighted by atomic mass is 10.0. The Kier molecular flexibility index (Phi) is 7.30. The van der Waals surface area contributed by atoms with Crippen LogP contribution in [0, 0.1) is 5.92 Å². The number of anilines is 2. The third kappa shape index (κ3) is 6.17. The molecule has 4 aromatic rings. The van der Waals surface area contributed by atoms with Crippen LogP contribution >= 0.6 is 0 Å². The molecule has 0 aliphatic heterocycles. The smallest absolute Gasteiger partial charge is 0.224 e. The molecule has 10 heteroatoms. The maximum atomic E-state index is 12.5. The zero-order valence-electron chi connectivity index (χ0n) is 20.0. The summed E-state index contributed by atoms with van der Waals surface area (Å²) in [7, 11) is 3.74. The molecule has 2 amide bonds. The Bertz CT molecular complexity index is 1330. The zero-order chi connectivity index (χ0) is 24.8. The molecule has 0 radical (unpaired) electrons. The highest BCUT2D eigenvalue weighted by Gasteiger charge is 2.13. The molecular weight excluding hydrogens is 444 g/mol. The average Bonchev–Trinajstić information content (AvgIpc) is 3.46. The van der Waals surface area contributed by atoms with Gasteiger partial charge in [0.05, 0.1) is 0 Å². The van der Waals surface area contributed by atoms with E-state index in [0.717, 1.165) is 22.8 Å². The van der Waals surface area contributed by atoms with Crippen molar-refractivity contribution in [3.8, 4) is 22.8 Å². The SMILES string of the molecule is CC(CCC(=O)Nc1cccc(-c2nncn2C)c1)CC(=O)Nc1cccc(-c2nncn2C)c1. The van der Waals surface area contributed by atoms with Crippen LogP contribution in [0.1, 0.15) is 26.2 Å². The van der Waals surface area contributed by atoms with E-state index in [-0.39, 0.29) is 17.7 Å². The third-order valence-corrected chi connectivity index (χ3v) is 5.63. The molecule has 10 nitrogen and oxygen atoms in total. The van der Waals surface area contributed by atoms with E-state index in [1.165, 1.54) is 0 Å². The van der Waals surface area contributed by atoms with Crippen LogP contribution in [0.25, 0.3) is 22.8 Å². The first-order valence-corrected chi connectivity index (χ1v) is 11.4. The number of amides is 2. The van der Waals surface area contributed by atoms with Gasteiger partial charge in [-0.1, -0.05) is 31.2 Å². The molecule has 2 aromatic heterocycles. The molecule has 1 atom stereocenters. The highest BCUT2D eigenvalue weighted by Crippen LogP contribution is 2.22. The van der Waals surface area contributed by atoms with Crippen LogP contribution in [0.15, 0.2) is 61.2 Å². The fourth-order valence-corrected chi connectivity index (χ4v) is 3.79. The number of carbonyl (C=O) groups excluding carboxylic acids is 2. The minimum absolute atomic E-state index is 0.0488. The van der Waals surface area contributed by atoms with Crippen LogP contribution in [-0.4, -0.2) is 41.3 Å². The van der Waals surface area contributed by atoms with E-state index in [1.807, 2.05) is 78.7 Å². The van der Waals surface area contributed by atoms with Gasteiger partial charge in [0, 0.05) is 49.4 Å². The monoisotopic (exact) mass is 472 g/mol. The summed E-state index contributed by atoms with van der Waals surface area (Å²) in [5.74, 6) is 1.31. The molecule has 0 aliphatic rings. The van der Waals surface area contributed by atoms with Gasteiger partial charge in [0.2, 0.25) is 11.8 Å². The van der Waals surface area contributed by atoms with Crippen molar-refractivity contribution in [2.75, 3.05) is 10.6 Å². The van der Waals surface area contributed by atoms with Gasteiger partial charge in [0.25, 0.3) is 0 Å². The van der Waals surface area contributed by atoms with Crippen molar-refractivity contribution in [2.24, 2.45) is 20.0 Å². The van der Waals surface area contributed by atoms with Crippen molar-refractivity contribution in [3.63, 3.8) is 0 Å². The van der Waals surface area contributed by atoms with E-state index in [9.17, 15) is 9.59 Å². The van der Waals surface area contributed by atoms with E-state index < -0.39 is 0 Å². The molecule has 4 rings (SSSR count). The summed E-state index contributed by atoms with van der Waals surface area (Å²) in [6, 6.07) is 15.0. The largest absolute Gasteiger partial charge is 0.326 e. The van der Waals surface area contributed by atoms with E-state index in [1.54, 1.807) is 12.7 Å². The highest BCUT2D eigenvalue weighted by molar-refractivity contribution is 5.92. The average molecular weight is 473 g/mol. The Balaban J connectivity index is 1.25. The van der Waals surface area contributed by atoms with E-state index >= 15 is 0 Å². The first kappa shape index (κ1) is 23.8. The van der Waals surface area contributed by atoms with Crippen molar-refractivity contribution in [1.29, 1.82) is 0 Å². The molecule has 1 unspecified atom stereocenters. The van der Waals surface area contributed by atoms with Crippen LogP contribution < -0.4 is 10.6 Å². The molecule has 0 saturated heterocycles. The van der Waals surface area contributed by atoms with Gasteiger partial charge in [-0.3, -0.25) is 9.59 Å².